The van der Waals surface area contributed by atoms with Crippen LogP contribution in [-0.2, 0) is 4.79 Å². The number of hydrogen-bond donors (Lipinski definition) is 0. The van der Waals surface area contributed by atoms with E-state index in [1.54, 1.807) is 25.3 Å². The molecule has 4 rings (SSSR count). The monoisotopic (exact) mass is 344 g/mol. The molecule has 0 saturated heterocycles. The highest BCUT2D eigenvalue weighted by Crippen LogP contribution is 2.46. The first-order chi connectivity index (χ1) is 12.7. The maximum atomic E-state index is 13.1. The van der Waals surface area contributed by atoms with Crippen molar-refractivity contribution in [2.24, 2.45) is 0 Å². The Morgan fingerprint density at radius 3 is 2.35 bits per heavy atom. The second-order valence-electron chi connectivity index (χ2n) is 6.45. The number of carbonyl (C=O) groups excluding carboxylic acids is 1. The molecule has 2 atom stereocenters. The number of hydrogen-bond acceptors (Lipinski definition) is 3. The van der Waals surface area contributed by atoms with Crippen LogP contribution in [0, 0.1) is 0 Å². The van der Waals surface area contributed by atoms with E-state index >= 15 is 0 Å². The molecule has 0 N–H and O–H groups in total. The lowest BCUT2D eigenvalue weighted by atomic mass is 9.78. The van der Waals surface area contributed by atoms with Crippen LogP contribution in [0.5, 0.6) is 5.75 Å². The van der Waals surface area contributed by atoms with Crippen LogP contribution in [0.4, 0.5) is 5.82 Å². The fourth-order valence-electron chi connectivity index (χ4n) is 3.75. The van der Waals surface area contributed by atoms with E-state index in [4.69, 9.17) is 4.74 Å². The molecule has 4 heteroatoms. The average molecular weight is 344 g/mol. The molecule has 0 fully saturated rings. The van der Waals surface area contributed by atoms with Crippen LogP contribution in [-0.4, -0.2) is 25.0 Å². The highest BCUT2D eigenvalue weighted by molar-refractivity contribution is 6.04. The van der Waals surface area contributed by atoms with Crippen LogP contribution in [0.25, 0.3) is 0 Å². The van der Waals surface area contributed by atoms with Crippen molar-refractivity contribution in [3.05, 3.63) is 89.6 Å². The summed E-state index contributed by atoms with van der Waals surface area (Å²) in [5.74, 6) is 1.25. The second-order valence-corrected chi connectivity index (χ2v) is 6.45. The van der Waals surface area contributed by atoms with E-state index in [0.717, 1.165) is 28.3 Å². The maximum Gasteiger partial charge on any atom is 0.236 e. The highest BCUT2D eigenvalue weighted by atomic mass is 16.5. The van der Waals surface area contributed by atoms with Crippen molar-refractivity contribution in [3.8, 4) is 5.75 Å². The van der Waals surface area contributed by atoms with Crippen LogP contribution in [0.2, 0.25) is 0 Å². The van der Waals surface area contributed by atoms with E-state index in [0.29, 0.717) is 0 Å². The average Bonchev–Trinajstić information content (AvgIpc) is 2.95. The van der Waals surface area contributed by atoms with Gasteiger partial charge in [0.2, 0.25) is 5.91 Å². The number of rotatable bonds is 4. The third-order valence-corrected chi connectivity index (χ3v) is 5.03. The fourth-order valence-corrected chi connectivity index (χ4v) is 3.75. The number of pyridine rings is 1. The summed E-state index contributed by atoms with van der Waals surface area (Å²) in [5, 5.41) is 0. The summed E-state index contributed by atoms with van der Waals surface area (Å²) < 4.78 is 5.29. The van der Waals surface area contributed by atoms with Crippen LogP contribution >= 0.6 is 0 Å². The van der Waals surface area contributed by atoms with E-state index < -0.39 is 0 Å². The van der Waals surface area contributed by atoms with Gasteiger partial charge in [0.25, 0.3) is 0 Å². The standard InChI is InChI=1S/C22H20N2O2/c1-24-21-18(9-6-14-23-21)20(22(24)25)19(15-7-4-3-5-8-15)16-10-12-17(26-2)13-11-16/h3-14,19-20H,1-2H3. The lowest BCUT2D eigenvalue weighted by Gasteiger charge is -2.24. The fraction of sp³-hybridized carbons (Fsp3) is 0.182. The minimum Gasteiger partial charge on any atom is -0.497 e. The van der Waals surface area contributed by atoms with Crippen molar-refractivity contribution >= 4 is 11.7 Å². The molecular formula is C22H20N2O2. The van der Waals surface area contributed by atoms with Crippen molar-refractivity contribution in [2.45, 2.75) is 11.8 Å². The Hall–Kier alpha value is -3.14. The molecule has 2 aromatic carbocycles. The summed E-state index contributed by atoms with van der Waals surface area (Å²) in [6.45, 7) is 0. The minimum absolute atomic E-state index is 0.0726. The van der Waals surface area contributed by atoms with Crippen molar-refractivity contribution < 1.29 is 9.53 Å². The molecule has 1 amide bonds. The van der Waals surface area contributed by atoms with Gasteiger partial charge in [-0.05, 0) is 29.3 Å². The van der Waals surface area contributed by atoms with Gasteiger partial charge in [-0.15, -0.1) is 0 Å². The first-order valence-corrected chi connectivity index (χ1v) is 8.62. The molecule has 2 heterocycles. The molecule has 0 saturated carbocycles. The van der Waals surface area contributed by atoms with Crippen molar-refractivity contribution in [2.75, 3.05) is 19.1 Å². The zero-order valence-corrected chi connectivity index (χ0v) is 14.8. The summed E-state index contributed by atoms with van der Waals surface area (Å²) in [6, 6.07) is 22.0. The zero-order valence-electron chi connectivity index (χ0n) is 14.8. The number of benzene rings is 2. The summed E-state index contributed by atoms with van der Waals surface area (Å²) in [6.07, 6.45) is 1.73. The number of amides is 1. The molecule has 1 aliphatic heterocycles. The molecule has 0 radical (unpaired) electrons. The number of nitrogens with zero attached hydrogens (tertiary/aromatic N) is 2. The summed E-state index contributed by atoms with van der Waals surface area (Å²) >= 11 is 0. The molecule has 0 aliphatic carbocycles. The third-order valence-electron chi connectivity index (χ3n) is 5.03. The maximum absolute atomic E-state index is 13.1. The van der Waals surface area contributed by atoms with Crippen molar-refractivity contribution in [1.82, 2.24) is 4.98 Å². The molecule has 26 heavy (non-hydrogen) atoms. The highest BCUT2D eigenvalue weighted by Gasteiger charge is 2.42. The van der Waals surface area contributed by atoms with Crippen molar-refractivity contribution in [1.29, 1.82) is 0 Å². The van der Waals surface area contributed by atoms with Gasteiger partial charge in [-0.25, -0.2) is 4.98 Å². The lowest BCUT2D eigenvalue weighted by molar-refractivity contribution is -0.119. The molecule has 2 unspecified atom stereocenters. The van der Waals surface area contributed by atoms with Gasteiger partial charge in [-0.3, -0.25) is 9.69 Å². The molecule has 1 aromatic heterocycles. The van der Waals surface area contributed by atoms with Crippen LogP contribution in [0.1, 0.15) is 28.5 Å². The van der Waals surface area contributed by atoms with Gasteiger partial charge in [0, 0.05) is 24.7 Å². The van der Waals surface area contributed by atoms with E-state index in [9.17, 15) is 4.79 Å². The number of ether oxygens (including phenoxy) is 1. The molecular weight excluding hydrogens is 324 g/mol. The van der Waals surface area contributed by atoms with Gasteiger partial charge in [-0.1, -0.05) is 48.5 Å². The van der Waals surface area contributed by atoms with Gasteiger partial charge in [0.1, 0.15) is 11.6 Å². The van der Waals surface area contributed by atoms with E-state index in [1.807, 2.05) is 54.6 Å². The molecule has 3 aromatic rings. The topological polar surface area (TPSA) is 42.4 Å². The lowest BCUT2D eigenvalue weighted by Crippen LogP contribution is -2.28. The number of methoxy groups -OCH3 is 1. The number of carbonyl (C=O) groups is 1. The number of fused-ring (bicyclic) bond motifs is 1. The SMILES string of the molecule is COc1ccc(C(c2ccccc2)C2C(=O)N(C)c3ncccc32)cc1. The first kappa shape index (κ1) is 16.3. The number of likely N-dealkylation sites (N-methyl/N-ethyl adjacent to an activating group) is 1. The first-order valence-electron chi connectivity index (χ1n) is 8.62. The predicted molar refractivity (Wildman–Crippen MR) is 102 cm³/mol. The number of anilines is 1. The van der Waals surface area contributed by atoms with Gasteiger partial charge < -0.3 is 4.74 Å². The number of aromatic nitrogens is 1. The van der Waals surface area contributed by atoms with Gasteiger partial charge in [0.05, 0.1) is 13.0 Å². The Kier molecular flexibility index (Phi) is 4.17. The van der Waals surface area contributed by atoms with Crippen LogP contribution < -0.4 is 9.64 Å². The molecule has 0 spiro atoms. The van der Waals surface area contributed by atoms with E-state index in [1.165, 1.54) is 0 Å². The Balaban J connectivity index is 1.87. The Labute approximate surface area is 153 Å². The summed E-state index contributed by atoms with van der Waals surface area (Å²) in [7, 11) is 3.45. The smallest absolute Gasteiger partial charge is 0.236 e. The molecule has 4 nitrogen and oxygen atoms in total. The predicted octanol–water partition coefficient (Wildman–Crippen LogP) is 3.98. The van der Waals surface area contributed by atoms with Crippen LogP contribution in [0.3, 0.4) is 0 Å². The van der Waals surface area contributed by atoms with Gasteiger partial charge in [-0.2, -0.15) is 0 Å². The van der Waals surface area contributed by atoms with Gasteiger partial charge >= 0.3 is 0 Å². The minimum atomic E-state index is -0.292. The molecule has 0 bridgehead atoms. The van der Waals surface area contributed by atoms with Gasteiger partial charge in [0.15, 0.2) is 0 Å². The third kappa shape index (κ3) is 2.64. The molecule has 130 valence electrons. The summed E-state index contributed by atoms with van der Waals surface area (Å²) in [5.41, 5.74) is 3.17. The summed E-state index contributed by atoms with van der Waals surface area (Å²) in [4.78, 5) is 19.2. The normalized spacial score (nSPS) is 17.1. The second kappa shape index (κ2) is 6.64. The van der Waals surface area contributed by atoms with Crippen LogP contribution in [0.15, 0.2) is 72.9 Å². The Bertz CT molecular complexity index is 922. The Morgan fingerprint density at radius 2 is 1.65 bits per heavy atom. The van der Waals surface area contributed by atoms with E-state index in [-0.39, 0.29) is 17.7 Å². The zero-order chi connectivity index (χ0) is 18.1. The largest absolute Gasteiger partial charge is 0.497 e. The Morgan fingerprint density at radius 1 is 0.962 bits per heavy atom. The molecule has 1 aliphatic rings. The van der Waals surface area contributed by atoms with Crippen molar-refractivity contribution in [3.63, 3.8) is 0 Å². The quantitative estimate of drug-likeness (QED) is 0.719. The van der Waals surface area contributed by atoms with E-state index in [2.05, 4.69) is 17.1 Å².